The van der Waals surface area contributed by atoms with E-state index in [1.165, 1.54) is 0 Å². The number of nitrogens with one attached hydrogen (secondary N) is 1. The molecule has 25 heavy (non-hydrogen) atoms. The summed E-state index contributed by atoms with van der Waals surface area (Å²) in [5.41, 5.74) is 8.29. The van der Waals surface area contributed by atoms with Gasteiger partial charge in [0.15, 0.2) is 0 Å². The standard InChI is InChI=1S/C19H18N2O4/c20-18(23)13-7-5-12(6-8-13)15-4-2-1-3-14(15)11-17(22)21-16-9-10-25-19(16)24/h1-8,16H,9-11H2,(H2,20,23)(H,21,22)/t16-/m0/s1. The maximum absolute atomic E-state index is 12.3. The van der Waals surface area contributed by atoms with Crippen molar-refractivity contribution >= 4 is 17.8 Å². The van der Waals surface area contributed by atoms with E-state index in [1.54, 1.807) is 24.3 Å². The minimum Gasteiger partial charge on any atom is -0.464 e. The zero-order valence-electron chi connectivity index (χ0n) is 13.5. The molecular formula is C19H18N2O4. The molecule has 0 aliphatic carbocycles. The van der Waals surface area contributed by atoms with Crippen molar-refractivity contribution in [2.75, 3.05) is 6.61 Å². The quantitative estimate of drug-likeness (QED) is 0.806. The summed E-state index contributed by atoms with van der Waals surface area (Å²) in [7, 11) is 0. The lowest BCUT2D eigenvalue weighted by Crippen LogP contribution is -2.38. The van der Waals surface area contributed by atoms with Gasteiger partial charge in [0, 0.05) is 12.0 Å². The second-order valence-corrected chi connectivity index (χ2v) is 5.85. The van der Waals surface area contributed by atoms with E-state index in [2.05, 4.69) is 5.32 Å². The van der Waals surface area contributed by atoms with Crippen molar-refractivity contribution in [2.45, 2.75) is 18.9 Å². The summed E-state index contributed by atoms with van der Waals surface area (Å²) in [5.74, 6) is -1.10. The topological polar surface area (TPSA) is 98.5 Å². The maximum Gasteiger partial charge on any atom is 0.328 e. The molecule has 2 aromatic rings. The fraction of sp³-hybridized carbons (Fsp3) is 0.211. The summed E-state index contributed by atoms with van der Waals surface area (Å²) >= 11 is 0. The highest BCUT2D eigenvalue weighted by Gasteiger charge is 2.27. The molecule has 6 heteroatoms. The first kappa shape index (κ1) is 16.7. The van der Waals surface area contributed by atoms with Crippen molar-refractivity contribution in [2.24, 2.45) is 5.73 Å². The van der Waals surface area contributed by atoms with E-state index in [0.29, 0.717) is 18.6 Å². The molecule has 1 aliphatic heterocycles. The van der Waals surface area contributed by atoms with Crippen LogP contribution in [0.5, 0.6) is 0 Å². The van der Waals surface area contributed by atoms with E-state index in [1.807, 2.05) is 24.3 Å². The summed E-state index contributed by atoms with van der Waals surface area (Å²) in [4.78, 5) is 34.9. The van der Waals surface area contributed by atoms with Gasteiger partial charge in [-0.3, -0.25) is 9.59 Å². The summed E-state index contributed by atoms with van der Waals surface area (Å²) in [6.45, 7) is 0.340. The lowest BCUT2D eigenvalue weighted by atomic mass is 9.96. The Kier molecular flexibility index (Phi) is 4.79. The van der Waals surface area contributed by atoms with Crippen LogP contribution in [0, 0.1) is 0 Å². The molecule has 0 spiro atoms. The molecule has 0 unspecified atom stereocenters. The summed E-state index contributed by atoms with van der Waals surface area (Å²) in [6.07, 6.45) is 0.651. The fourth-order valence-electron chi connectivity index (χ4n) is 2.82. The van der Waals surface area contributed by atoms with Gasteiger partial charge < -0.3 is 15.8 Å². The van der Waals surface area contributed by atoms with Gasteiger partial charge >= 0.3 is 5.97 Å². The Morgan fingerprint density at radius 3 is 2.48 bits per heavy atom. The number of ether oxygens (including phenoxy) is 1. The number of amides is 2. The van der Waals surface area contributed by atoms with Crippen LogP contribution in [0.4, 0.5) is 0 Å². The number of carbonyl (C=O) groups excluding carboxylic acids is 3. The molecule has 0 aromatic heterocycles. The van der Waals surface area contributed by atoms with Crippen LogP contribution in [0.1, 0.15) is 22.3 Å². The first-order chi connectivity index (χ1) is 12.0. The van der Waals surface area contributed by atoms with E-state index >= 15 is 0 Å². The van der Waals surface area contributed by atoms with Crippen molar-refractivity contribution in [3.05, 3.63) is 59.7 Å². The van der Waals surface area contributed by atoms with Crippen molar-refractivity contribution in [1.82, 2.24) is 5.32 Å². The van der Waals surface area contributed by atoms with Crippen LogP contribution in [0.15, 0.2) is 48.5 Å². The van der Waals surface area contributed by atoms with Gasteiger partial charge in [-0.2, -0.15) is 0 Å². The Balaban J connectivity index is 1.77. The second-order valence-electron chi connectivity index (χ2n) is 5.85. The molecule has 1 heterocycles. The highest BCUT2D eigenvalue weighted by Crippen LogP contribution is 2.24. The molecule has 6 nitrogen and oxygen atoms in total. The number of benzene rings is 2. The summed E-state index contributed by atoms with van der Waals surface area (Å²) < 4.78 is 4.85. The van der Waals surface area contributed by atoms with Gasteiger partial charge in [0.2, 0.25) is 11.8 Å². The van der Waals surface area contributed by atoms with Gasteiger partial charge in [-0.25, -0.2) is 4.79 Å². The minimum absolute atomic E-state index is 0.150. The van der Waals surface area contributed by atoms with Gasteiger partial charge in [-0.1, -0.05) is 36.4 Å². The first-order valence-corrected chi connectivity index (χ1v) is 7.99. The van der Waals surface area contributed by atoms with Crippen LogP contribution in [0.2, 0.25) is 0 Å². The lowest BCUT2D eigenvalue weighted by Gasteiger charge is -2.12. The highest BCUT2D eigenvalue weighted by molar-refractivity contribution is 5.93. The molecule has 3 rings (SSSR count). The SMILES string of the molecule is NC(=O)c1ccc(-c2ccccc2CC(=O)N[C@H]2CCOC2=O)cc1. The summed E-state index contributed by atoms with van der Waals surface area (Å²) in [6, 6.07) is 13.9. The molecule has 1 saturated heterocycles. The number of primary amides is 1. The molecule has 1 fully saturated rings. The average molecular weight is 338 g/mol. The van der Waals surface area contributed by atoms with Crippen LogP contribution in [0.25, 0.3) is 11.1 Å². The van der Waals surface area contributed by atoms with Crippen LogP contribution in [0.3, 0.4) is 0 Å². The molecule has 128 valence electrons. The van der Waals surface area contributed by atoms with Crippen molar-refractivity contribution in [3.8, 4) is 11.1 Å². The van der Waals surface area contributed by atoms with Gasteiger partial charge in [-0.15, -0.1) is 0 Å². The molecule has 2 aromatic carbocycles. The van der Waals surface area contributed by atoms with E-state index in [4.69, 9.17) is 10.5 Å². The molecule has 2 amide bonds. The number of hydrogen-bond donors (Lipinski definition) is 2. The number of cyclic esters (lactones) is 1. The molecule has 1 aliphatic rings. The number of rotatable bonds is 5. The molecular weight excluding hydrogens is 320 g/mol. The van der Waals surface area contributed by atoms with Gasteiger partial charge in [-0.05, 0) is 28.8 Å². The van der Waals surface area contributed by atoms with Crippen molar-refractivity contribution < 1.29 is 19.1 Å². The van der Waals surface area contributed by atoms with Crippen LogP contribution in [-0.4, -0.2) is 30.4 Å². The lowest BCUT2D eigenvalue weighted by molar-refractivity contribution is -0.141. The molecule has 1 atom stereocenters. The van der Waals surface area contributed by atoms with Gasteiger partial charge in [0.1, 0.15) is 6.04 Å². The largest absolute Gasteiger partial charge is 0.464 e. The monoisotopic (exact) mass is 338 g/mol. The third kappa shape index (κ3) is 3.85. The van der Waals surface area contributed by atoms with E-state index in [-0.39, 0.29) is 18.3 Å². The van der Waals surface area contributed by atoms with E-state index < -0.39 is 11.9 Å². The van der Waals surface area contributed by atoms with Crippen molar-refractivity contribution in [1.29, 1.82) is 0 Å². The third-order valence-corrected chi connectivity index (χ3v) is 4.12. The van der Waals surface area contributed by atoms with Gasteiger partial charge in [0.25, 0.3) is 0 Å². The average Bonchev–Trinajstić information content (AvgIpc) is 3.00. The predicted molar refractivity (Wildman–Crippen MR) is 91.6 cm³/mol. The van der Waals surface area contributed by atoms with Crippen molar-refractivity contribution in [3.63, 3.8) is 0 Å². The molecule has 3 N–H and O–H groups in total. The Labute approximate surface area is 145 Å². The second kappa shape index (κ2) is 7.17. The molecule has 0 saturated carbocycles. The van der Waals surface area contributed by atoms with E-state index in [9.17, 15) is 14.4 Å². The zero-order chi connectivity index (χ0) is 17.8. The first-order valence-electron chi connectivity index (χ1n) is 7.99. The third-order valence-electron chi connectivity index (χ3n) is 4.12. The molecule has 0 bridgehead atoms. The normalized spacial score (nSPS) is 16.3. The number of esters is 1. The van der Waals surface area contributed by atoms with Crippen LogP contribution >= 0.6 is 0 Å². The van der Waals surface area contributed by atoms with Crippen LogP contribution < -0.4 is 11.1 Å². The number of nitrogens with two attached hydrogens (primary N) is 1. The Bertz CT molecular complexity index is 814. The Hall–Kier alpha value is -3.15. The highest BCUT2D eigenvalue weighted by atomic mass is 16.5. The van der Waals surface area contributed by atoms with E-state index in [0.717, 1.165) is 16.7 Å². The predicted octanol–water partition coefficient (Wildman–Crippen LogP) is 1.43. The van der Waals surface area contributed by atoms with Gasteiger partial charge in [0.05, 0.1) is 13.0 Å². The minimum atomic E-state index is -0.561. The number of hydrogen-bond acceptors (Lipinski definition) is 4. The maximum atomic E-state index is 12.3. The fourth-order valence-corrected chi connectivity index (χ4v) is 2.82. The Morgan fingerprint density at radius 1 is 1.12 bits per heavy atom. The Morgan fingerprint density at radius 2 is 1.84 bits per heavy atom. The molecule has 0 radical (unpaired) electrons. The van der Waals surface area contributed by atoms with Crippen LogP contribution in [-0.2, 0) is 20.7 Å². The smallest absolute Gasteiger partial charge is 0.328 e. The zero-order valence-corrected chi connectivity index (χ0v) is 13.5. The summed E-state index contributed by atoms with van der Waals surface area (Å²) in [5, 5.41) is 2.71. The number of carbonyl (C=O) groups is 3.